The van der Waals surface area contributed by atoms with Crippen LogP contribution in [0.2, 0.25) is 0 Å². The zero-order chi connectivity index (χ0) is 17.2. The van der Waals surface area contributed by atoms with Crippen LogP contribution in [0.25, 0.3) is 0 Å². The van der Waals surface area contributed by atoms with E-state index in [2.05, 4.69) is 45.9 Å². The second kappa shape index (κ2) is 7.46. The third-order valence-electron chi connectivity index (χ3n) is 6.51. The van der Waals surface area contributed by atoms with Crippen molar-refractivity contribution in [2.75, 3.05) is 39.3 Å². The Bertz CT molecular complexity index is 605. The monoisotopic (exact) mass is 341 g/mol. The van der Waals surface area contributed by atoms with Crippen LogP contribution in [0.1, 0.15) is 49.8 Å². The van der Waals surface area contributed by atoms with Crippen LogP contribution in [0.4, 0.5) is 0 Å². The Morgan fingerprint density at radius 2 is 1.84 bits per heavy atom. The minimum absolute atomic E-state index is 0.325. The summed E-state index contributed by atoms with van der Waals surface area (Å²) in [4.78, 5) is 20.0. The molecule has 4 heteroatoms. The van der Waals surface area contributed by atoms with Crippen LogP contribution in [0, 0.1) is 0 Å². The van der Waals surface area contributed by atoms with Gasteiger partial charge in [-0.3, -0.25) is 14.6 Å². The predicted octanol–water partition coefficient (Wildman–Crippen LogP) is 2.69. The number of fused-ring (bicyclic) bond motifs is 1. The minimum atomic E-state index is 0.325. The van der Waals surface area contributed by atoms with Gasteiger partial charge in [0.25, 0.3) is 0 Å². The van der Waals surface area contributed by atoms with Gasteiger partial charge in [0, 0.05) is 44.8 Å². The van der Waals surface area contributed by atoms with E-state index in [1.165, 1.54) is 30.4 Å². The highest BCUT2D eigenvalue weighted by atomic mass is 16.2. The first-order chi connectivity index (χ1) is 12.3. The molecule has 136 valence electrons. The molecule has 0 bridgehead atoms. The maximum Gasteiger partial charge on any atom is 0.236 e. The maximum absolute atomic E-state index is 12.9. The van der Waals surface area contributed by atoms with Crippen molar-refractivity contribution in [3.8, 4) is 0 Å². The van der Waals surface area contributed by atoms with Gasteiger partial charge < -0.3 is 4.90 Å². The van der Waals surface area contributed by atoms with Gasteiger partial charge in [0.05, 0.1) is 6.54 Å². The first-order valence-electron chi connectivity index (χ1n) is 10.1. The van der Waals surface area contributed by atoms with Crippen LogP contribution in [0.3, 0.4) is 0 Å². The van der Waals surface area contributed by atoms with Crippen LogP contribution in [0.5, 0.6) is 0 Å². The van der Waals surface area contributed by atoms with E-state index in [1.54, 1.807) is 0 Å². The van der Waals surface area contributed by atoms with E-state index in [1.807, 2.05) is 0 Å². The Morgan fingerprint density at radius 3 is 2.52 bits per heavy atom. The maximum atomic E-state index is 12.9. The summed E-state index contributed by atoms with van der Waals surface area (Å²) in [5.41, 5.74) is 2.89. The van der Waals surface area contributed by atoms with Crippen molar-refractivity contribution in [1.82, 2.24) is 14.7 Å². The molecule has 2 heterocycles. The van der Waals surface area contributed by atoms with Gasteiger partial charge in [0.1, 0.15) is 0 Å². The summed E-state index contributed by atoms with van der Waals surface area (Å²) in [7, 11) is 0. The Kier molecular flexibility index (Phi) is 5.09. The normalized spacial score (nSPS) is 25.5. The molecule has 0 aromatic heterocycles. The number of benzene rings is 1. The lowest BCUT2D eigenvalue weighted by atomic mass is 9.91. The number of amides is 1. The van der Waals surface area contributed by atoms with E-state index in [0.29, 0.717) is 18.5 Å². The quantitative estimate of drug-likeness (QED) is 0.842. The van der Waals surface area contributed by atoms with E-state index >= 15 is 0 Å². The fourth-order valence-electron chi connectivity index (χ4n) is 4.73. The fraction of sp³-hybridized carbons (Fsp3) is 0.667. The van der Waals surface area contributed by atoms with Gasteiger partial charge in [-0.2, -0.15) is 0 Å². The molecule has 2 aliphatic heterocycles. The smallest absolute Gasteiger partial charge is 0.236 e. The van der Waals surface area contributed by atoms with Crippen molar-refractivity contribution in [3.05, 3.63) is 35.4 Å². The second-order valence-electron chi connectivity index (χ2n) is 7.84. The molecule has 1 atom stereocenters. The molecule has 0 N–H and O–H groups in total. The Balaban J connectivity index is 1.35. The van der Waals surface area contributed by atoms with Crippen molar-refractivity contribution < 1.29 is 4.79 Å². The summed E-state index contributed by atoms with van der Waals surface area (Å²) in [6.07, 6.45) is 6.24. The Hall–Kier alpha value is -1.39. The molecule has 1 aliphatic carbocycles. The lowest BCUT2D eigenvalue weighted by Gasteiger charge is -2.43. The lowest BCUT2D eigenvalue weighted by Crippen LogP contribution is -2.55. The van der Waals surface area contributed by atoms with E-state index in [-0.39, 0.29) is 0 Å². The standard InChI is InChI=1S/C21H31N3O/c1-2-20-19-9-4-3-6-17(19)10-11-24(20)16-21(25)23-14-12-22(13-15-23)18-7-5-8-18/h3-4,6,9,18,20H,2,5,7-8,10-16H2,1H3. The van der Waals surface area contributed by atoms with Crippen LogP contribution < -0.4 is 0 Å². The van der Waals surface area contributed by atoms with Crippen LogP contribution >= 0.6 is 0 Å². The summed E-state index contributed by atoms with van der Waals surface area (Å²) in [5.74, 6) is 0.325. The highest BCUT2D eigenvalue weighted by Gasteiger charge is 2.32. The molecule has 1 unspecified atom stereocenters. The highest BCUT2D eigenvalue weighted by Crippen LogP contribution is 2.32. The zero-order valence-corrected chi connectivity index (χ0v) is 15.5. The lowest BCUT2D eigenvalue weighted by molar-refractivity contribution is -0.135. The molecule has 1 aromatic rings. The number of carbonyl (C=O) groups excluding carboxylic acids is 1. The average molecular weight is 341 g/mol. The SMILES string of the molecule is CCC1c2ccccc2CCN1CC(=O)N1CCN(C2CCC2)CC1. The largest absolute Gasteiger partial charge is 0.339 e. The van der Waals surface area contributed by atoms with Crippen molar-refractivity contribution in [2.24, 2.45) is 0 Å². The highest BCUT2D eigenvalue weighted by molar-refractivity contribution is 5.78. The minimum Gasteiger partial charge on any atom is -0.339 e. The van der Waals surface area contributed by atoms with Crippen molar-refractivity contribution in [3.63, 3.8) is 0 Å². The third-order valence-corrected chi connectivity index (χ3v) is 6.51. The van der Waals surface area contributed by atoms with E-state index in [0.717, 1.165) is 51.6 Å². The molecule has 1 saturated carbocycles. The number of carbonyl (C=O) groups is 1. The number of hydrogen-bond donors (Lipinski definition) is 0. The van der Waals surface area contributed by atoms with Crippen LogP contribution in [-0.4, -0.2) is 65.9 Å². The Morgan fingerprint density at radius 1 is 1.08 bits per heavy atom. The molecule has 1 aromatic carbocycles. The summed E-state index contributed by atoms with van der Waals surface area (Å²) >= 11 is 0. The summed E-state index contributed by atoms with van der Waals surface area (Å²) in [5, 5.41) is 0. The second-order valence-corrected chi connectivity index (χ2v) is 7.84. The summed E-state index contributed by atoms with van der Waals surface area (Å²) in [6.45, 7) is 7.78. The molecule has 0 radical (unpaired) electrons. The molecule has 3 aliphatic rings. The summed E-state index contributed by atoms with van der Waals surface area (Å²) < 4.78 is 0. The van der Waals surface area contributed by atoms with Gasteiger partial charge in [-0.1, -0.05) is 37.6 Å². The zero-order valence-electron chi connectivity index (χ0n) is 15.5. The Labute approximate surface area is 151 Å². The molecule has 4 rings (SSSR count). The van der Waals surface area contributed by atoms with E-state index in [4.69, 9.17) is 0 Å². The molecule has 1 amide bonds. The average Bonchev–Trinajstić information content (AvgIpc) is 2.60. The summed E-state index contributed by atoms with van der Waals surface area (Å²) in [6, 6.07) is 9.96. The van der Waals surface area contributed by atoms with Crippen molar-refractivity contribution in [1.29, 1.82) is 0 Å². The number of nitrogens with zero attached hydrogens (tertiary/aromatic N) is 3. The third kappa shape index (κ3) is 3.47. The van der Waals surface area contributed by atoms with E-state index < -0.39 is 0 Å². The molecule has 2 fully saturated rings. The van der Waals surface area contributed by atoms with Gasteiger partial charge in [0.2, 0.25) is 5.91 Å². The molecule has 4 nitrogen and oxygen atoms in total. The number of hydrogen-bond acceptors (Lipinski definition) is 3. The van der Waals surface area contributed by atoms with Gasteiger partial charge in [0.15, 0.2) is 0 Å². The molecular formula is C21H31N3O. The van der Waals surface area contributed by atoms with Crippen molar-refractivity contribution in [2.45, 2.75) is 51.1 Å². The van der Waals surface area contributed by atoms with Crippen LogP contribution in [-0.2, 0) is 11.2 Å². The van der Waals surface area contributed by atoms with Crippen LogP contribution in [0.15, 0.2) is 24.3 Å². The van der Waals surface area contributed by atoms with E-state index in [9.17, 15) is 4.79 Å². The topological polar surface area (TPSA) is 26.8 Å². The van der Waals surface area contributed by atoms with Gasteiger partial charge >= 0.3 is 0 Å². The first-order valence-corrected chi connectivity index (χ1v) is 10.1. The fourth-order valence-corrected chi connectivity index (χ4v) is 4.73. The first kappa shape index (κ1) is 17.0. The molecule has 0 spiro atoms. The molecule has 25 heavy (non-hydrogen) atoms. The van der Waals surface area contributed by atoms with Gasteiger partial charge in [-0.25, -0.2) is 0 Å². The molecule has 1 saturated heterocycles. The van der Waals surface area contributed by atoms with Gasteiger partial charge in [-0.15, -0.1) is 0 Å². The van der Waals surface area contributed by atoms with Crippen molar-refractivity contribution >= 4 is 5.91 Å². The predicted molar refractivity (Wildman–Crippen MR) is 101 cm³/mol. The number of piperazine rings is 1. The van der Waals surface area contributed by atoms with Gasteiger partial charge in [-0.05, 0) is 36.8 Å². The number of rotatable bonds is 4. The molecular weight excluding hydrogens is 310 g/mol.